The van der Waals surface area contributed by atoms with Crippen LogP contribution in [0.25, 0.3) is 0 Å². The van der Waals surface area contributed by atoms with Crippen LogP contribution in [-0.2, 0) is 6.54 Å². The number of benzene rings is 2. The van der Waals surface area contributed by atoms with Gasteiger partial charge >= 0.3 is 0 Å². The number of halogens is 3. The Morgan fingerprint density at radius 1 is 1.11 bits per heavy atom. The molecule has 0 aliphatic carbocycles. The largest absolute Gasteiger partial charge is 0.398 e. The fourth-order valence-electron chi connectivity index (χ4n) is 1.59. The summed E-state index contributed by atoms with van der Waals surface area (Å²) in [5.74, 6) is 0. The molecule has 3 N–H and O–H groups in total. The van der Waals surface area contributed by atoms with Gasteiger partial charge in [0.05, 0.1) is 15.7 Å². The van der Waals surface area contributed by atoms with Gasteiger partial charge in [-0.05, 0) is 23.8 Å². The third-order valence-electron chi connectivity index (χ3n) is 2.52. The van der Waals surface area contributed by atoms with Crippen LogP contribution in [0.4, 0.5) is 11.4 Å². The Bertz CT molecular complexity index is 550. The van der Waals surface area contributed by atoms with Gasteiger partial charge in [-0.1, -0.05) is 57.3 Å². The molecule has 2 aromatic rings. The summed E-state index contributed by atoms with van der Waals surface area (Å²) in [5, 5.41) is 4.35. The number of hydrogen-bond donors (Lipinski definition) is 2. The molecular weight excluding hydrogens is 335 g/mol. The van der Waals surface area contributed by atoms with Crippen LogP contribution in [0.3, 0.4) is 0 Å². The van der Waals surface area contributed by atoms with Crippen molar-refractivity contribution in [1.82, 2.24) is 0 Å². The van der Waals surface area contributed by atoms with E-state index in [-0.39, 0.29) is 0 Å². The van der Waals surface area contributed by atoms with Crippen LogP contribution in [0, 0.1) is 0 Å². The molecule has 2 nitrogen and oxygen atoms in total. The lowest BCUT2D eigenvalue weighted by Crippen LogP contribution is -2.03. The number of nitrogens with one attached hydrogen (secondary N) is 1. The normalized spacial score (nSPS) is 10.4. The minimum absolute atomic E-state index is 0.573. The molecule has 5 heteroatoms. The van der Waals surface area contributed by atoms with Gasteiger partial charge in [-0.2, -0.15) is 0 Å². The van der Waals surface area contributed by atoms with Gasteiger partial charge in [0.25, 0.3) is 0 Å². The van der Waals surface area contributed by atoms with Gasteiger partial charge in [0.2, 0.25) is 0 Å². The molecule has 0 aliphatic rings. The van der Waals surface area contributed by atoms with Crippen LogP contribution in [0.5, 0.6) is 0 Å². The molecule has 0 saturated heterocycles. The first kappa shape index (κ1) is 13.5. The van der Waals surface area contributed by atoms with Gasteiger partial charge in [-0.3, -0.25) is 0 Å². The minimum Gasteiger partial charge on any atom is -0.398 e. The molecule has 0 fully saturated rings. The molecule has 0 aromatic heterocycles. The second kappa shape index (κ2) is 5.83. The van der Waals surface area contributed by atoms with Crippen molar-refractivity contribution in [2.75, 3.05) is 11.1 Å². The molecule has 2 aromatic carbocycles. The highest BCUT2D eigenvalue weighted by molar-refractivity contribution is 9.10. The first-order valence-corrected chi connectivity index (χ1v) is 6.84. The van der Waals surface area contributed by atoms with Crippen molar-refractivity contribution in [1.29, 1.82) is 0 Å². The molecule has 0 spiro atoms. The monoisotopic (exact) mass is 344 g/mol. The first-order valence-electron chi connectivity index (χ1n) is 5.29. The van der Waals surface area contributed by atoms with Crippen LogP contribution in [0.15, 0.2) is 40.9 Å². The zero-order valence-electron chi connectivity index (χ0n) is 9.38. The number of rotatable bonds is 3. The summed E-state index contributed by atoms with van der Waals surface area (Å²) in [6.07, 6.45) is 0. The standard InChI is InChI=1S/C13H11BrCl2N2/c14-9-5-10(15)13(11(16)6-9)18-7-8-3-1-2-4-12(8)17/h1-6,18H,7,17H2. The maximum absolute atomic E-state index is 6.13. The van der Waals surface area contributed by atoms with Gasteiger partial charge in [0.15, 0.2) is 0 Å². The van der Waals surface area contributed by atoms with Gasteiger partial charge in [-0.15, -0.1) is 0 Å². The van der Waals surface area contributed by atoms with E-state index in [1.165, 1.54) is 0 Å². The lowest BCUT2D eigenvalue weighted by atomic mass is 10.2. The Morgan fingerprint density at radius 2 is 1.72 bits per heavy atom. The topological polar surface area (TPSA) is 38.0 Å². The van der Waals surface area contributed by atoms with E-state index in [0.29, 0.717) is 22.3 Å². The molecule has 0 bridgehead atoms. The third-order valence-corrected chi connectivity index (χ3v) is 3.57. The van der Waals surface area contributed by atoms with Gasteiger partial charge in [0, 0.05) is 16.7 Å². The average molecular weight is 346 g/mol. The molecule has 94 valence electrons. The number of nitrogens with two attached hydrogens (primary N) is 1. The van der Waals surface area contributed by atoms with E-state index in [9.17, 15) is 0 Å². The molecule has 0 atom stereocenters. The third kappa shape index (κ3) is 3.10. The van der Waals surface area contributed by atoms with E-state index in [1.807, 2.05) is 24.3 Å². The summed E-state index contributed by atoms with van der Waals surface area (Å²) in [5.41, 5.74) is 8.34. The predicted octanol–water partition coefficient (Wildman–Crippen LogP) is 4.95. The van der Waals surface area contributed by atoms with E-state index in [1.54, 1.807) is 12.1 Å². The quantitative estimate of drug-likeness (QED) is 0.772. The maximum Gasteiger partial charge on any atom is 0.0722 e. The Balaban J connectivity index is 2.19. The Hall–Kier alpha value is -0.900. The molecule has 0 amide bonds. The fraction of sp³-hybridized carbons (Fsp3) is 0.0769. The summed E-state index contributed by atoms with van der Waals surface area (Å²) in [6, 6.07) is 11.3. The first-order chi connectivity index (χ1) is 8.58. The summed E-state index contributed by atoms with van der Waals surface area (Å²) < 4.78 is 0.849. The van der Waals surface area contributed by atoms with Crippen molar-refractivity contribution >= 4 is 50.5 Å². The van der Waals surface area contributed by atoms with Crippen molar-refractivity contribution in [3.8, 4) is 0 Å². The van der Waals surface area contributed by atoms with Crippen molar-refractivity contribution < 1.29 is 0 Å². The Labute approximate surface area is 124 Å². The molecule has 0 radical (unpaired) electrons. The molecular formula is C13H11BrCl2N2. The van der Waals surface area contributed by atoms with Gasteiger partial charge in [0.1, 0.15) is 0 Å². The van der Waals surface area contributed by atoms with Crippen LogP contribution in [0.1, 0.15) is 5.56 Å². The van der Waals surface area contributed by atoms with Gasteiger partial charge in [-0.25, -0.2) is 0 Å². The van der Waals surface area contributed by atoms with Crippen LogP contribution in [-0.4, -0.2) is 0 Å². The van der Waals surface area contributed by atoms with Crippen molar-refractivity contribution in [3.05, 3.63) is 56.5 Å². The SMILES string of the molecule is Nc1ccccc1CNc1c(Cl)cc(Br)cc1Cl. The lowest BCUT2D eigenvalue weighted by Gasteiger charge is -2.12. The molecule has 0 saturated carbocycles. The Morgan fingerprint density at radius 3 is 2.33 bits per heavy atom. The lowest BCUT2D eigenvalue weighted by molar-refractivity contribution is 1.15. The number of hydrogen-bond acceptors (Lipinski definition) is 2. The van der Waals surface area contributed by atoms with Crippen molar-refractivity contribution in [2.24, 2.45) is 0 Å². The average Bonchev–Trinajstić information content (AvgIpc) is 2.30. The second-order valence-corrected chi connectivity index (χ2v) is 5.53. The number of para-hydroxylation sites is 1. The minimum atomic E-state index is 0.573. The fourth-order valence-corrected chi connectivity index (χ4v) is 2.93. The highest BCUT2D eigenvalue weighted by Crippen LogP contribution is 2.34. The highest BCUT2D eigenvalue weighted by Gasteiger charge is 2.07. The van der Waals surface area contributed by atoms with E-state index in [0.717, 1.165) is 15.7 Å². The molecule has 0 aliphatic heterocycles. The van der Waals surface area contributed by atoms with Crippen LogP contribution >= 0.6 is 39.1 Å². The van der Waals surface area contributed by atoms with E-state index >= 15 is 0 Å². The van der Waals surface area contributed by atoms with Crippen LogP contribution in [0.2, 0.25) is 10.0 Å². The van der Waals surface area contributed by atoms with Crippen molar-refractivity contribution in [3.63, 3.8) is 0 Å². The van der Waals surface area contributed by atoms with Crippen LogP contribution < -0.4 is 11.1 Å². The molecule has 2 rings (SSSR count). The number of anilines is 2. The predicted molar refractivity (Wildman–Crippen MR) is 82.3 cm³/mol. The maximum atomic E-state index is 6.13. The summed E-state index contributed by atoms with van der Waals surface area (Å²) in [4.78, 5) is 0. The van der Waals surface area contributed by atoms with Gasteiger partial charge < -0.3 is 11.1 Å². The summed E-state index contributed by atoms with van der Waals surface area (Å²) in [7, 11) is 0. The van der Waals surface area contributed by atoms with Crippen molar-refractivity contribution in [2.45, 2.75) is 6.54 Å². The Kier molecular flexibility index (Phi) is 4.38. The zero-order valence-corrected chi connectivity index (χ0v) is 12.5. The highest BCUT2D eigenvalue weighted by atomic mass is 79.9. The number of nitrogen functional groups attached to an aromatic ring is 1. The summed E-state index contributed by atoms with van der Waals surface area (Å²) in [6.45, 7) is 0.577. The summed E-state index contributed by atoms with van der Waals surface area (Å²) >= 11 is 15.6. The molecule has 18 heavy (non-hydrogen) atoms. The van der Waals surface area contributed by atoms with E-state index < -0.39 is 0 Å². The van der Waals surface area contributed by atoms with E-state index in [4.69, 9.17) is 28.9 Å². The molecule has 0 heterocycles. The zero-order chi connectivity index (χ0) is 13.1. The smallest absolute Gasteiger partial charge is 0.0722 e. The second-order valence-electron chi connectivity index (χ2n) is 3.80. The molecule has 0 unspecified atom stereocenters. The van der Waals surface area contributed by atoms with E-state index in [2.05, 4.69) is 21.2 Å².